The molecule has 0 unspecified atom stereocenters. The van der Waals surface area contributed by atoms with Gasteiger partial charge in [0.25, 0.3) is 0 Å². The van der Waals surface area contributed by atoms with E-state index in [1.807, 2.05) is 0 Å². The molecule has 0 aromatic heterocycles. The summed E-state index contributed by atoms with van der Waals surface area (Å²) < 4.78 is 0. The smallest absolute Gasteiger partial charge is 0.220 e. The van der Waals surface area contributed by atoms with Crippen LogP contribution in [0.2, 0.25) is 0 Å². The lowest BCUT2D eigenvalue weighted by molar-refractivity contribution is -0.123. The molecule has 13 heavy (non-hydrogen) atoms. The Morgan fingerprint density at radius 3 is 3.08 bits per heavy atom. The maximum Gasteiger partial charge on any atom is 0.220 e. The van der Waals surface area contributed by atoms with Crippen LogP contribution in [0.15, 0.2) is 0 Å². The third kappa shape index (κ3) is 3.77. The highest BCUT2D eigenvalue weighted by molar-refractivity contribution is 5.76. The van der Waals surface area contributed by atoms with Crippen molar-refractivity contribution in [3.63, 3.8) is 0 Å². The van der Waals surface area contributed by atoms with E-state index in [0.29, 0.717) is 6.42 Å². The van der Waals surface area contributed by atoms with Gasteiger partial charge in [-0.1, -0.05) is 13.3 Å². The third-order valence-electron chi connectivity index (χ3n) is 2.50. The van der Waals surface area contributed by atoms with E-state index < -0.39 is 0 Å². The van der Waals surface area contributed by atoms with Crippen LogP contribution >= 0.6 is 0 Å². The van der Waals surface area contributed by atoms with Crippen molar-refractivity contribution >= 4 is 5.91 Å². The van der Waals surface area contributed by atoms with Crippen molar-refractivity contribution < 1.29 is 9.90 Å². The number of hydrogen-bond donors (Lipinski definition) is 2. The number of amides is 1. The number of aliphatic hydroxyl groups is 1. The first-order valence-corrected chi connectivity index (χ1v) is 5.19. The van der Waals surface area contributed by atoms with Crippen molar-refractivity contribution in [1.82, 2.24) is 5.32 Å². The molecule has 0 aromatic rings. The van der Waals surface area contributed by atoms with Gasteiger partial charge in [-0.3, -0.25) is 4.79 Å². The molecule has 3 heteroatoms. The minimum atomic E-state index is -0.242. The summed E-state index contributed by atoms with van der Waals surface area (Å²) in [6.45, 7) is 2.06. The second-order valence-electron chi connectivity index (χ2n) is 3.83. The first-order valence-electron chi connectivity index (χ1n) is 5.19. The Balaban J connectivity index is 2.23. The van der Waals surface area contributed by atoms with Gasteiger partial charge in [0.15, 0.2) is 0 Å². The summed E-state index contributed by atoms with van der Waals surface area (Å²) in [6, 6.07) is 0.211. The van der Waals surface area contributed by atoms with Gasteiger partial charge in [-0.2, -0.15) is 0 Å². The molecule has 1 heterocycles. The highest BCUT2D eigenvalue weighted by atomic mass is 16.3. The lowest BCUT2D eigenvalue weighted by Gasteiger charge is -2.25. The number of hydrogen-bond acceptors (Lipinski definition) is 2. The van der Waals surface area contributed by atoms with Gasteiger partial charge in [0.1, 0.15) is 0 Å². The monoisotopic (exact) mass is 185 g/mol. The van der Waals surface area contributed by atoms with Crippen LogP contribution in [-0.4, -0.2) is 23.2 Å². The Labute approximate surface area is 79.5 Å². The molecule has 1 saturated heterocycles. The zero-order chi connectivity index (χ0) is 9.68. The van der Waals surface area contributed by atoms with Crippen LogP contribution < -0.4 is 5.32 Å². The van der Waals surface area contributed by atoms with E-state index in [9.17, 15) is 9.90 Å². The molecule has 0 aliphatic carbocycles. The van der Waals surface area contributed by atoms with E-state index in [1.165, 1.54) is 0 Å². The molecule has 1 fully saturated rings. The summed E-state index contributed by atoms with van der Waals surface area (Å²) >= 11 is 0. The van der Waals surface area contributed by atoms with Crippen molar-refractivity contribution in [2.24, 2.45) is 0 Å². The maximum atomic E-state index is 11.0. The second-order valence-corrected chi connectivity index (χ2v) is 3.83. The Morgan fingerprint density at radius 2 is 2.46 bits per heavy atom. The predicted molar refractivity (Wildman–Crippen MR) is 51.3 cm³/mol. The molecular formula is C10H19NO2. The van der Waals surface area contributed by atoms with Gasteiger partial charge >= 0.3 is 0 Å². The molecule has 2 atom stereocenters. The van der Waals surface area contributed by atoms with Gasteiger partial charge in [0.2, 0.25) is 5.91 Å². The van der Waals surface area contributed by atoms with Crippen LogP contribution in [0.1, 0.15) is 45.4 Å². The van der Waals surface area contributed by atoms with E-state index in [1.54, 1.807) is 0 Å². The molecule has 76 valence electrons. The fourth-order valence-electron chi connectivity index (χ4n) is 1.84. The minimum absolute atomic E-state index is 0.139. The van der Waals surface area contributed by atoms with Gasteiger partial charge in [-0.25, -0.2) is 0 Å². The van der Waals surface area contributed by atoms with Crippen LogP contribution in [0.25, 0.3) is 0 Å². The number of rotatable bonds is 4. The fraction of sp³-hybridized carbons (Fsp3) is 0.900. The van der Waals surface area contributed by atoms with E-state index in [0.717, 1.165) is 32.1 Å². The molecule has 0 radical (unpaired) electrons. The van der Waals surface area contributed by atoms with Gasteiger partial charge in [-0.15, -0.1) is 0 Å². The normalized spacial score (nSPS) is 25.4. The van der Waals surface area contributed by atoms with Crippen LogP contribution in [0.4, 0.5) is 0 Å². The highest BCUT2D eigenvalue weighted by Gasteiger charge is 2.20. The molecule has 1 aliphatic rings. The molecule has 1 aliphatic heterocycles. The molecule has 2 N–H and O–H groups in total. The summed E-state index contributed by atoms with van der Waals surface area (Å²) in [5, 5.41) is 12.4. The molecule has 0 aromatic carbocycles. The number of carbonyl (C=O) groups excluding carboxylic acids is 1. The van der Waals surface area contributed by atoms with E-state index in [4.69, 9.17) is 0 Å². The van der Waals surface area contributed by atoms with Gasteiger partial charge < -0.3 is 10.4 Å². The van der Waals surface area contributed by atoms with Gasteiger partial charge in [0.05, 0.1) is 6.10 Å². The van der Waals surface area contributed by atoms with Crippen LogP contribution in [0.3, 0.4) is 0 Å². The topological polar surface area (TPSA) is 49.3 Å². The van der Waals surface area contributed by atoms with Crippen LogP contribution in [0, 0.1) is 0 Å². The predicted octanol–water partition coefficient (Wildman–Crippen LogP) is 1.21. The maximum absolute atomic E-state index is 11.0. The molecule has 0 bridgehead atoms. The summed E-state index contributed by atoms with van der Waals surface area (Å²) in [6.07, 6.45) is 4.96. The van der Waals surface area contributed by atoms with E-state index in [2.05, 4.69) is 12.2 Å². The average Bonchev–Trinajstić information content (AvgIpc) is 2.04. The van der Waals surface area contributed by atoms with E-state index >= 15 is 0 Å². The minimum Gasteiger partial charge on any atom is -0.393 e. The first-order chi connectivity index (χ1) is 6.22. The summed E-state index contributed by atoms with van der Waals surface area (Å²) in [5.41, 5.74) is 0. The number of piperidine rings is 1. The summed E-state index contributed by atoms with van der Waals surface area (Å²) in [4.78, 5) is 11.0. The number of aliphatic hydroxyl groups excluding tert-OH is 1. The van der Waals surface area contributed by atoms with Crippen LogP contribution in [-0.2, 0) is 4.79 Å². The molecule has 0 spiro atoms. The molecule has 3 nitrogen and oxygen atoms in total. The number of nitrogens with one attached hydrogen (secondary N) is 1. The average molecular weight is 185 g/mol. The number of carbonyl (C=O) groups is 1. The third-order valence-corrected chi connectivity index (χ3v) is 2.50. The first kappa shape index (κ1) is 10.5. The van der Waals surface area contributed by atoms with Crippen LogP contribution in [0.5, 0.6) is 0 Å². The SMILES string of the molecule is CCC[C@@H](O)C[C@@H]1CCCC(=O)N1. The summed E-state index contributed by atoms with van der Waals surface area (Å²) in [5.74, 6) is 0.139. The largest absolute Gasteiger partial charge is 0.393 e. The van der Waals surface area contributed by atoms with Crippen molar-refractivity contribution in [3.05, 3.63) is 0 Å². The molecular weight excluding hydrogens is 166 g/mol. The van der Waals surface area contributed by atoms with Crippen molar-refractivity contribution in [2.45, 2.75) is 57.6 Å². The van der Waals surface area contributed by atoms with Crippen molar-refractivity contribution in [1.29, 1.82) is 0 Å². The molecule has 1 amide bonds. The highest BCUT2D eigenvalue weighted by Crippen LogP contribution is 2.14. The van der Waals surface area contributed by atoms with Gasteiger partial charge in [-0.05, 0) is 25.7 Å². The molecule has 0 saturated carbocycles. The van der Waals surface area contributed by atoms with Gasteiger partial charge in [0, 0.05) is 12.5 Å². The summed E-state index contributed by atoms with van der Waals surface area (Å²) in [7, 11) is 0. The quantitative estimate of drug-likeness (QED) is 0.691. The molecule has 1 rings (SSSR count). The zero-order valence-corrected chi connectivity index (χ0v) is 8.25. The van der Waals surface area contributed by atoms with E-state index in [-0.39, 0.29) is 18.1 Å². The lowest BCUT2D eigenvalue weighted by atomic mass is 9.97. The second kappa shape index (κ2) is 5.22. The lowest BCUT2D eigenvalue weighted by Crippen LogP contribution is -2.40. The Hall–Kier alpha value is -0.570. The Bertz CT molecular complexity index is 170. The standard InChI is InChI=1S/C10H19NO2/c1-2-4-9(12)7-8-5-3-6-10(13)11-8/h8-9,12H,2-7H2,1H3,(H,11,13)/t8-,9+/m0/s1. The zero-order valence-electron chi connectivity index (χ0n) is 8.25. The Morgan fingerprint density at radius 1 is 1.69 bits per heavy atom. The van der Waals surface area contributed by atoms with Crippen molar-refractivity contribution in [2.75, 3.05) is 0 Å². The fourth-order valence-corrected chi connectivity index (χ4v) is 1.84. The Kier molecular flexibility index (Phi) is 4.22. The van der Waals surface area contributed by atoms with Crippen molar-refractivity contribution in [3.8, 4) is 0 Å².